The summed E-state index contributed by atoms with van der Waals surface area (Å²) in [6, 6.07) is 0. The molecule has 1 unspecified atom stereocenters. The van der Waals surface area contributed by atoms with Gasteiger partial charge < -0.3 is 5.73 Å². The van der Waals surface area contributed by atoms with Crippen LogP contribution in [0.2, 0.25) is 0 Å². The first kappa shape index (κ1) is 9.96. The first-order chi connectivity index (χ1) is 5.84. The number of carbonyl (C=O) groups is 2. The monoisotopic (exact) mass is 181 g/mol. The maximum absolute atomic E-state index is 11.5. The van der Waals surface area contributed by atoms with Gasteiger partial charge in [-0.25, -0.2) is 0 Å². The van der Waals surface area contributed by atoms with E-state index >= 15 is 0 Å². The van der Waals surface area contributed by atoms with Gasteiger partial charge in [0.2, 0.25) is 5.91 Å². The van der Waals surface area contributed by atoms with Gasteiger partial charge in [-0.3, -0.25) is 9.59 Å². The van der Waals surface area contributed by atoms with E-state index in [2.05, 4.69) is 0 Å². The summed E-state index contributed by atoms with van der Waals surface area (Å²) in [6.07, 6.45) is 2.28. The summed E-state index contributed by atoms with van der Waals surface area (Å²) >= 11 is 0. The predicted octanol–water partition coefficient (Wildman–Crippen LogP) is 1.03. The molecule has 0 spiro atoms. The SMILES string of the molecule is CC1=CC(=O)C(C(N)=O)C(C)(C)C1. The van der Waals surface area contributed by atoms with Crippen LogP contribution in [0.5, 0.6) is 0 Å². The predicted molar refractivity (Wildman–Crippen MR) is 49.8 cm³/mol. The summed E-state index contributed by atoms with van der Waals surface area (Å²) in [5.74, 6) is -1.32. The first-order valence-corrected chi connectivity index (χ1v) is 4.35. The third-order valence-electron chi connectivity index (χ3n) is 2.47. The molecule has 13 heavy (non-hydrogen) atoms. The summed E-state index contributed by atoms with van der Waals surface area (Å²) < 4.78 is 0. The molecular weight excluding hydrogens is 166 g/mol. The Morgan fingerprint density at radius 3 is 2.54 bits per heavy atom. The maximum atomic E-state index is 11.5. The van der Waals surface area contributed by atoms with Gasteiger partial charge in [-0.2, -0.15) is 0 Å². The Hall–Kier alpha value is -1.12. The number of hydrogen-bond acceptors (Lipinski definition) is 2. The highest BCUT2D eigenvalue weighted by molar-refractivity contribution is 6.07. The molecule has 72 valence electrons. The van der Waals surface area contributed by atoms with E-state index in [1.54, 1.807) is 0 Å². The molecule has 0 heterocycles. The second kappa shape index (κ2) is 2.98. The average Bonchev–Trinajstić information content (AvgIpc) is 1.78. The summed E-state index contributed by atoms with van der Waals surface area (Å²) in [5, 5.41) is 0. The highest BCUT2D eigenvalue weighted by atomic mass is 16.2. The van der Waals surface area contributed by atoms with Crippen molar-refractivity contribution < 1.29 is 9.59 Å². The molecule has 0 saturated carbocycles. The topological polar surface area (TPSA) is 60.2 Å². The van der Waals surface area contributed by atoms with Crippen molar-refractivity contribution in [3.05, 3.63) is 11.6 Å². The fraction of sp³-hybridized carbons (Fsp3) is 0.600. The molecule has 3 nitrogen and oxygen atoms in total. The Morgan fingerprint density at radius 2 is 2.15 bits per heavy atom. The van der Waals surface area contributed by atoms with E-state index in [0.717, 1.165) is 12.0 Å². The molecule has 0 saturated heterocycles. The molecule has 2 N–H and O–H groups in total. The van der Waals surface area contributed by atoms with Crippen molar-refractivity contribution in [2.24, 2.45) is 17.1 Å². The van der Waals surface area contributed by atoms with Gasteiger partial charge in [-0.15, -0.1) is 0 Å². The van der Waals surface area contributed by atoms with E-state index in [9.17, 15) is 9.59 Å². The van der Waals surface area contributed by atoms with E-state index in [4.69, 9.17) is 5.73 Å². The lowest BCUT2D eigenvalue weighted by Crippen LogP contribution is -2.43. The van der Waals surface area contributed by atoms with Crippen LogP contribution in [-0.2, 0) is 9.59 Å². The van der Waals surface area contributed by atoms with Crippen LogP contribution < -0.4 is 5.73 Å². The zero-order valence-electron chi connectivity index (χ0n) is 8.26. The van der Waals surface area contributed by atoms with Gasteiger partial charge >= 0.3 is 0 Å². The van der Waals surface area contributed by atoms with Crippen molar-refractivity contribution in [3.63, 3.8) is 0 Å². The van der Waals surface area contributed by atoms with Crippen molar-refractivity contribution >= 4 is 11.7 Å². The molecule has 1 rings (SSSR count). The fourth-order valence-corrected chi connectivity index (χ4v) is 2.11. The van der Waals surface area contributed by atoms with E-state index in [1.807, 2.05) is 20.8 Å². The lowest BCUT2D eigenvalue weighted by atomic mass is 9.68. The first-order valence-electron chi connectivity index (χ1n) is 4.35. The van der Waals surface area contributed by atoms with Gasteiger partial charge in [0.25, 0.3) is 0 Å². The van der Waals surface area contributed by atoms with E-state index in [1.165, 1.54) is 6.08 Å². The smallest absolute Gasteiger partial charge is 0.228 e. The molecule has 0 aromatic carbocycles. The quantitative estimate of drug-likeness (QED) is 0.614. The molecule has 1 atom stereocenters. The molecule has 1 aliphatic carbocycles. The standard InChI is InChI=1S/C10H15NO2/c1-6-4-7(12)8(9(11)13)10(2,3)5-6/h4,8H,5H2,1-3H3,(H2,11,13). The minimum atomic E-state index is -0.656. The molecule has 0 fully saturated rings. The number of carbonyl (C=O) groups excluding carboxylic acids is 2. The largest absolute Gasteiger partial charge is 0.369 e. The maximum Gasteiger partial charge on any atom is 0.228 e. The molecule has 0 bridgehead atoms. The van der Waals surface area contributed by atoms with Gasteiger partial charge in [0.1, 0.15) is 5.92 Å². The van der Waals surface area contributed by atoms with E-state index < -0.39 is 11.8 Å². The third-order valence-corrected chi connectivity index (χ3v) is 2.47. The van der Waals surface area contributed by atoms with Gasteiger partial charge in [-0.1, -0.05) is 19.4 Å². The second-order valence-electron chi connectivity index (χ2n) is 4.39. The lowest BCUT2D eigenvalue weighted by Gasteiger charge is -2.34. The molecule has 1 aliphatic rings. The lowest BCUT2D eigenvalue weighted by molar-refractivity contribution is -0.134. The summed E-state index contributed by atoms with van der Waals surface area (Å²) in [4.78, 5) is 22.5. The zero-order chi connectivity index (χ0) is 10.2. The van der Waals surface area contributed by atoms with Crippen molar-refractivity contribution in [1.29, 1.82) is 0 Å². The Balaban J connectivity index is 3.08. The number of primary amides is 1. The number of amides is 1. The number of hydrogen-bond donors (Lipinski definition) is 1. The molecular formula is C10H15NO2. The van der Waals surface area contributed by atoms with Crippen LogP contribution in [0.4, 0.5) is 0 Å². The van der Waals surface area contributed by atoms with Gasteiger partial charge in [0, 0.05) is 0 Å². The highest BCUT2D eigenvalue weighted by Crippen LogP contribution is 2.38. The molecule has 0 aromatic heterocycles. The van der Waals surface area contributed by atoms with Crippen LogP contribution in [0, 0.1) is 11.3 Å². The number of rotatable bonds is 1. The van der Waals surface area contributed by atoms with Crippen molar-refractivity contribution in [2.45, 2.75) is 27.2 Å². The van der Waals surface area contributed by atoms with E-state index in [0.29, 0.717) is 0 Å². The Kier molecular flexibility index (Phi) is 2.28. The molecule has 0 aromatic rings. The molecule has 0 radical (unpaired) electrons. The van der Waals surface area contributed by atoms with Crippen LogP contribution in [0.1, 0.15) is 27.2 Å². The molecule has 0 aliphatic heterocycles. The zero-order valence-corrected chi connectivity index (χ0v) is 8.26. The number of ketones is 1. The minimum Gasteiger partial charge on any atom is -0.369 e. The Bertz CT molecular complexity index is 289. The van der Waals surface area contributed by atoms with Crippen LogP contribution >= 0.6 is 0 Å². The summed E-state index contributed by atoms with van der Waals surface area (Å²) in [7, 11) is 0. The van der Waals surface area contributed by atoms with Gasteiger partial charge in [-0.05, 0) is 24.8 Å². The number of allylic oxidation sites excluding steroid dienone is 2. The molecule has 3 heteroatoms. The van der Waals surface area contributed by atoms with Crippen molar-refractivity contribution in [1.82, 2.24) is 0 Å². The van der Waals surface area contributed by atoms with E-state index in [-0.39, 0.29) is 11.2 Å². The van der Waals surface area contributed by atoms with Crippen LogP contribution in [0.3, 0.4) is 0 Å². The summed E-state index contributed by atoms with van der Waals surface area (Å²) in [5.41, 5.74) is 5.88. The second-order valence-corrected chi connectivity index (χ2v) is 4.39. The molecule has 1 amide bonds. The van der Waals surface area contributed by atoms with Gasteiger partial charge in [0.15, 0.2) is 5.78 Å². The average molecular weight is 181 g/mol. The van der Waals surface area contributed by atoms with Crippen LogP contribution in [0.15, 0.2) is 11.6 Å². The van der Waals surface area contributed by atoms with Crippen molar-refractivity contribution in [3.8, 4) is 0 Å². The fourth-order valence-electron chi connectivity index (χ4n) is 2.11. The Labute approximate surface area is 78.0 Å². The third kappa shape index (κ3) is 1.79. The highest BCUT2D eigenvalue weighted by Gasteiger charge is 2.41. The van der Waals surface area contributed by atoms with Crippen LogP contribution in [0.25, 0.3) is 0 Å². The number of nitrogens with two attached hydrogens (primary N) is 1. The van der Waals surface area contributed by atoms with Crippen LogP contribution in [-0.4, -0.2) is 11.7 Å². The van der Waals surface area contributed by atoms with Gasteiger partial charge in [0.05, 0.1) is 0 Å². The minimum absolute atomic E-state index is 0.152. The normalized spacial score (nSPS) is 26.8. The Morgan fingerprint density at radius 1 is 1.62 bits per heavy atom. The van der Waals surface area contributed by atoms with Crippen molar-refractivity contribution in [2.75, 3.05) is 0 Å². The summed E-state index contributed by atoms with van der Waals surface area (Å²) in [6.45, 7) is 5.70.